The van der Waals surface area contributed by atoms with E-state index in [2.05, 4.69) is 229 Å². The summed E-state index contributed by atoms with van der Waals surface area (Å²) >= 11 is 0. The third-order valence-electron chi connectivity index (χ3n) is 12.5. The molecule has 12 rings (SSSR count). The molecule has 1 aromatic heterocycles. The molecule has 62 heavy (non-hydrogen) atoms. The molecule has 0 atom stereocenters. The van der Waals surface area contributed by atoms with Crippen molar-refractivity contribution in [2.75, 3.05) is 4.90 Å². The minimum absolute atomic E-state index is 0.905. The molecule has 2 nitrogen and oxygen atoms in total. The lowest BCUT2D eigenvalue weighted by molar-refractivity contribution is 0.670. The predicted molar refractivity (Wildman–Crippen MR) is 263 cm³/mol. The number of rotatable bonds is 7. The summed E-state index contributed by atoms with van der Waals surface area (Å²) in [4.78, 5) is 2.37. The Morgan fingerprint density at radius 3 is 1.35 bits per heavy atom. The number of anilines is 3. The van der Waals surface area contributed by atoms with Gasteiger partial charge in [0.1, 0.15) is 11.2 Å². The number of fused-ring (bicyclic) bond motifs is 9. The first-order valence-electron chi connectivity index (χ1n) is 21.2. The molecule has 0 spiro atoms. The van der Waals surface area contributed by atoms with Gasteiger partial charge in [-0.25, -0.2) is 0 Å². The zero-order chi connectivity index (χ0) is 41.0. The van der Waals surface area contributed by atoms with E-state index in [9.17, 15) is 0 Å². The van der Waals surface area contributed by atoms with Crippen LogP contribution in [0.15, 0.2) is 241 Å². The average molecular weight is 790 g/mol. The van der Waals surface area contributed by atoms with E-state index in [1.165, 1.54) is 65.7 Å². The van der Waals surface area contributed by atoms with Crippen LogP contribution in [0.4, 0.5) is 17.1 Å². The zero-order valence-corrected chi connectivity index (χ0v) is 33.9. The Balaban J connectivity index is 0.901. The third kappa shape index (κ3) is 6.04. The molecule has 0 N–H and O–H groups in total. The van der Waals surface area contributed by atoms with Gasteiger partial charge >= 0.3 is 0 Å². The van der Waals surface area contributed by atoms with Crippen LogP contribution in [0.2, 0.25) is 0 Å². The van der Waals surface area contributed by atoms with E-state index in [0.717, 1.165) is 50.1 Å². The standard InChI is InChI=1S/C60H39NO/c1-2-13-43(14-3-1)48-15-8-10-23-58(48)61(47-36-31-44(32-37-47)49-21-12-22-56-55-20-9-11-24-59(55)62-60(49)56)46-34-29-41(30-35-46)40-25-27-42(28-26-40)45-33-38-54-52-18-5-4-16-50(52)51-17-6-7-19-53(51)57(54)39-45/h1-39H. The summed E-state index contributed by atoms with van der Waals surface area (Å²) in [6.45, 7) is 0. The van der Waals surface area contributed by atoms with Crippen molar-refractivity contribution in [1.29, 1.82) is 0 Å². The number of nitrogens with zero attached hydrogens (tertiary/aromatic N) is 1. The van der Waals surface area contributed by atoms with Crippen molar-refractivity contribution in [1.82, 2.24) is 0 Å². The molecule has 0 aliphatic carbocycles. The molecule has 0 radical (unpaired) electrons. The first-order chi connectivity index (χ1) is 30.7. The highest BCUT2D eigenvalue weighted by molar-refractivity contribution is 6.25. The van der Waals surface area contributed by atoms with E-state index in [1.54, 1.807) is 0 Å². The molecule has 0 saturated carbocycles. The van der Waals surface area contributed by atoms with Gasteiger partial charge in [0.05, 0.1) is 5.69 Å². The monoisotopic (exact) mass is 789 g/mol. The molecule has 0 unspecified atom stereocenters. The maximum absolute atomic E-state index is 6.43. The molecule has 290 valence electrons. The van der Waals surface area contributed by atoms with Crippen molar-refractivity contribution in [3.63, 3.8) is 0 Å². The van der Waals surface area contributed by atoms with E-state index in [0.29, 0.717) is 0 Å². The Hall–Kier alpha value is -8.20. The van der Waals surface area contributed by atoms with Crippen molar-refractivity contribution in [2.24, 2.45) is 0 Å². The average Bonchev–Trinajstić information content (AvgIpc) is 3.74. The fraction of sp³-hybridized carbons (Fsp3) is 0. The Kier molecular flexibility index (Phi) is 8.53. The molecule has 0 amide bonds. The van der Waals surface area contributed by atoms with Crippen LogP contribution in [0.3, 0.4) is 0 Å². The van der Waals surface area contributed by atoms with Gasteiger partial charge < -0.3 is 9.32 Å². The lowest BCUT2D eigenvalue weighted by atomic mass is 9.92. The summed E-state index contributed by atoms with van der Waals surface area (Å²) in [5.41, 5.74) is 14.4. The predicted octanol–water partition coefficient (Wildman–Crippen LogP) is 17.2. The van der Waals surface area contributed by atoms with Gasteiger partial charge in [-0.05, 0) is 108 Å². The van der Waals surface area contributed by atoms with Crippen LogP contribution in [0.1, 0.15) is 0 Å². The zero-order valence-electron chi connectivity index (χ0n) is 33.9. The molecule has 0 saturated heterocycles. The smallest absolute Gasteiger partial charge is 0.143 e. The Labute approximate surface area is 360 Å². The summed E-state index contributed by atoms with van der Waals surface area (Å²) < 4.78 is 6.43. The molecule has 12 aromatic rings. The molecular formula is C60H39NO. The largest absolute Gasteiger partial charge is 0.455 e. The Bertz CT molecular complexity index is 3570. The van der Waals surface area contributed by atoms with Gasteiger partial charge in [-0.2, -0.15) is 0 Å². The van der Waals surface area contributed by atoms with E-state index in [-0.39, 0.29) is 0 Å². The fourth-order valence-electron chi connectivity index (χ4n) is 9.47. The van der Waals surface area contributed by atoms with E-state index in [4.69, 9.17) is 4.42 Å². The quantitative estimate of drug-likeness (QED) is 0.150. The highest BCUT2D eigenvalue weighted by Gasteiger charge is 2.19. The van der Waals surface area contributed by atoms with Crippen molar-refractivity contribution in [3.05, 3.63) is 237 Å². The summed E-state index contributed by atoms with van der Waals surface area (Å²) in [5, 5.41) is 10.0. The lowest BCUT2D eigenvalue weighted by Crippen LogP contribution is -2.11. The number of hydrogen-bond donors (Lipinski definition) is 0. The van der Waals surface area contributed by atoms with Crippen LogP contribution in [0.25, 0.3) is 98.8 Å². The van der Waals surface area contributed by atoms with Gasteiger partial charge in [-0.3, -0.25) is 0 Å². The molecular weight excluding hydrogens is 751 g/mol. The van der Waals surface area contributed by atoms with Crippen LogP contribution in [-0.4, -0.2) is 0 Å². The third-order valence-corrected chi connectivity index (χ3v) is 12.5. The van der Waals surface area contributed by atoms with Crippen LogP contribution >= 0.6 is 0 Å². The summed E-state index contributed by atoms with van der Waals surface area (Å²) in [6, 6.07) is 85.3. The molecule has 11 aromatic carbocycles. The summed E-state index contributed by atoms with van der Waals surface area (Å²) in [6.07, 6.45) is 0. The van der Waals surface area contributed by atoms with Gasteiger partial charge in [0, 0.05) is 33.3 Å². The second-order valence-corrected chi connectivity index (χ2v) is 16.0. The van der Waals surface area contributed by atoms with Gasteiger partial charge in [0.25, 0.3) is 0 Å². The van der Waals surface area contributed by atoms with Crippen molar-refractivity contribution >= 4 is 71.3 Å². The Morgan fingerprint density at radius 2 is 0.694 bits per heavy atom. The second-order valence-electron chi connectivity index (χ2n) is 16.0. The minimum atomic E-state index is 0.905. The van der Waals surface area contributed by atoms with Gasteiger partial charge in [-0.1, -0.05) is 194 Å². The number of furan rings is 1. The highest BCUT2D eigenvalue weighted by atomic mass is 16.3. The highest BCUT2D eigenvalue weighted by Crippen LogP contribution is 2.43. The van der Waals surface area contributed by atoms with E-state index >= 15 is 0 Å². The molecule has 0 aliphatic rings. The van der Waals surface area contributed by atoms with Crippen LogP contribution in [0.5, 0.6) is 0 Å². The van der Waals surface area contributed by atoms with Crippen molar-refractivity contribution in [2.45, 2.75) is 0 Å². The van der Waals surface area contributed by atoms with Crippen molar-refractivity contribution in [3.8, 4) is 44.5 Å². The Morgan fingerprint density at radius 1 is 0.258 bits per heavy atom. The van der Waals surface area contributed by atoms with Crippen LogP contribution in [0, 0.1) is 0 Å². The van der Waals surface area contributed by atoms with Gasteiger partial charge in [0.15, 0.2) is 0 Å². The number of para-hydroxylation sites is 3. The van der Waals surface area contributed by atoms with E-state index in [1.807, 2.05) is 12.1 Å². The molecule has 1 heterocycles. The molecule has 0 fully saturated rings. The maximum atomic E-state index is 6.43. The first-order valence-corrected chi connectivity index (χ1v) is 21.2. The molecule has 0 aliphatic heterocycles. The minimum Gasteiger partial charge on any atom is -0.455 e. The fourth-order valence-corrected chi connectivity index (χ4v) is 9.47. The SMILES string of the molecule is c1ccc(-c2ccccc2N(c2ccc(-c3ccc(-c4ccc5c6ccccc6c6ccccc6c5c4)cc3)cc2)c2ccc(-c3cccc4c3oc3ccccc34)cc2)cc1. The van der Waals surface area contributed by atoms with E-state index < -0.39 is 0 Å². The van der Waals surface area contributed by atoms with Crippen LogP contribution in [-0.2, 0) is 0 Å². The number of hydrogen-bond acceptors (Lipinski definition) is 2. The van der Waals surface area contributed by atoms with Crippen molar-refractivity contribution < 1.29 is 4.42 Å². The first kappa shape index (κ1) is 35.7. The normalized spacial score (nSPS) is 11.5. The maximum Gasteiger partial charge on any atom is 0.143 e. The molecule has 2 heteroatoms. The van der Waals surface area contributed by atoms with Crippen LogP contribution < -0.4 is 4.90 Å². The lowest BCUT2D eigenvalue weighted by Gasteiger charge is -2.28. The topological polar surface area (TPSA) is 16.4 Å². The second kappa shape index (κ2) is 14.8. The molecule has 0 bridgehead atoms. The van der Waals surface area contributed by atoms with Gasteiger partial charge in [-0.15, -0.1) is 0 Å². The summed E-state index contributed by atoms with van der Waals surface area (Å²) in [7, 11) is 0. The van der Waals surface area contributed by atoms with Gasteiger partial charge in [0.2, 0.25) is 0 Å². The number of benzene rings is 11. The summed E-state index contributed by atoms with van der Waals surface area (Å²) in [5.74, 6) is 0.